The summed E-state index contributed by atoms with van der Waals surface area (Å²) in [5.41, 5.74) is 2.92. The number of methoxy groups -OCH3 is 2. The molecule has 0 radical (unpaired) electrons. The molecule has 1 aromatic carbocycles. The molecule has 1 atom stereocenters. The number of ether oxygens (including phenoxy) is 2. The van der Waals surface area contributed by atoms with Crippen LogP contribution in [0.3, 0.4) is 0 Å². The van der Waals surface area contributed by atoms with Crippen molar-refractivity contribution in [3.8, 4) is 5.75 Å². The number of fused-ring (bicyclic) bond motifs is 1. The van der Waals surface area contributed by atoms with Crippen LogP contribution in [-0.2, 0) is 14.3 Å². The van der Waals surface area contributed by atoms with Crippen molar-refractivity contribution in [2.75, 3.05) is 27.3 Å². The molecule has 0 unspecified atom stereocenters. The van der Waals surface area contributed by atoms with Crippen LogP contribution in [0.25, 0.3) is 0 Å². The number of hydrogen-bond acceptors (Lipinski definition) is 7. The number of amidine groups is 1. The Morgan fingerprint density at radius 1 is 1.15 bits per heavy atom. The van der Waals surface area contributed by atoms with Gasteiger partial charge in [0.25, 0.3) is 0 Å². The fraction of sp³-hybridized carbons (Fsp3) is 0.480. The van der Waals surface area contributed by atoms with Gasteiger partial charge >= 0.3 is 5.97 Å². The van der Waals surface area contributed by atoms with Crippen LogP contribution in [0.15, 0.2) is 51.6 Å². The second-order valence-electron chi connectivity index (χ2n) is 7.93. The first-order valence-corrected chi connectivity index (χ1v) is 12.3. The van der Waals surface area contributed by atoms with E-state index < -0.39 is 12.0 Å². The van der Waals surface area contributed by atoms with E-state index >= 15 is 0 Å². The lowest BCUT2D eigenvalue weighted by molar-refractivity contribution is -0.136. The molecule has 2 aliphatic rings. The largest absolute Gasteiger partial charge is 0.497 e. The second-order valence-corrected chi connectivity index (χ2v) is 8.77. The van der Waals surface area contributed by atoms with Gasteiger partial charge in [-0.1, -0.05) is 44.7 Å². The zero-order chi connectivity index (χ0) is 24.0. The number of nitrogens with zero attached hydrogens (tertiary/aromatic N) is 3. The van der Waals surface area contributed by atoms with Gasteiger partial charge in [0, 0.05) is 18.8 Å². The topological polar surface area (TPSA) is 71.4 Å². The second kappa shape index (κ2) is 11.4. The molecule has 178 valence electrons. The van der Waals surface area contributed by atoms with Crippen molar-refractivity contribution >= 4 is 28.8 Å². The third-order valence-corrected chi connectivity index (χ3v) is 6.60. The summed E-state index contributed by atoms with van der Waals surface area (Å²) < 4.78 is 10.6. The van der Waals surface area contributed by atoms with Crippen LogP contribution >= 0.6 is 11.8 Å². The molecule has 0 aliphatic carbocycles. The lowest BCUT2D eigenvalue weighted by atomic mass is 9.92. The summed E-state index contributed by atoms with van der Waals surface area (Å²) in [7, 11) is 3.00. The maximum Gasteiger partial charge on any atom is 0.338 e. The third-order valence-electron chi connectivity index (χ3n) is 5.71. The van der Waals surface area contributed by atoms with Gasteiger partial charge < -0.3 is 19.3 Å². The fourth-order valence-corrected chi connectivity index (χ4v) is 5.14. The van der Waals surface area contributed by atoms with Gasteiger partial charge in [-0.25, -0.2) is 9.79 Å². The van der Waals surface area contributed by atoms with Gasteiger partial charge in [-0.05, 0) is 42.4 Å². The third kappa shape index (κ3) is 5.27. The minimum absolute atomic E-state index is 0.0843. The predicted octanol–water partition coefficient (Wildman–Crippen LogP) is 4.87. The average molecular weight is 472 g/mol. The lowest BCUT2D eigenvalue weighted by Crippen LogP contribution is -2.39. The van der Waals surface area contributed by atoms with Gasteiger partial charge in [0.05, 0.1) is 38.0 Å². The fourth-order valence-electron chi connectivity index (χ4n) is 4.21. The van der Waals surface area contributed by atoms with Crippen molar-refractivity contribution in [3.63, 3.8) is 0 Å². The van der Waals surface area contributed by atoms with Gasteiger partial charge in [0.15, 0.2) is 5.17 Å². The summed E-state index contributed by atoms with van der Waals surface area (Å²) in [4.78, 5) is 34.8. The number of rotatable bonds is 10. The summed E-state index contributed by atoms with van der Waals surface area (Å²) in [6.45, 7) is 7.61. The molecule has 0 aromatic heterocycles. The summed E-state index contributed by atoms with van der Waals surface area (Å²) in [6.07, 6.45) is 2.68. The van der Waals surface area contributed by atoms with Crippen LogP contribution in [0.2, 0.25) is 0 Å². The quantitative estimate of drug-likeness (QED) is 0.453. The van der Waals surface area contributed by atoms with Crippen molar-refractivity contribution in [1.29, 1.82) is 0 Å². The lowest BCUT2D eigenvalue weighted by Gasteiger charge is -2.37. The van der Waals surface area contributed by atoms with E-state index in [1.54, 1.807) is 7.11 Å². The number of hydrogen-bond donors (Lipinski definition) is 0. The molecule has 0 bridgehead atoms. The number of allylic oxidation sites excluding steroid dienone is 1. The number of carbonyl (C=O) groups excluding carboxylic acids is 2. The molecular weight excluding hydrogens is 438 g/mol. The zero-order valence-corrected chi connectivity index (χ0v) is 20.9. The van der Waals surface area contributed by atoms with E-state index in [0.29, 0.717) is 23.4 Å². The van der Waals surface area contributed by atoms with E-state index in [4.69, 9.17) is 14.5 Å². The Balaban J connectivity index is 2.04. The molecule has 33 heavy (non-hydrogen) atoms. The zero-order valence-electron chi connectivity index (χ0n) is 20.1. The molecule has 1 amide bonds. The van der Waals surface area contributed by atoms with E-state index in [-0.39, 0.29) is 12.3 Å². The molecule has 0 spiro atoms. The number of aliphatic imine (C=N–C) groups is 1. The predicted molar refractivity (Wildman–Crippen MR) is 132 cm³/mol. The average Bonchev–Trinajstić information content (AvgIpc) is 3.24. The number of benzene rings is 1. The van der Waals surface area contributed by atoms with Gasteiger partial charge in [0.1, 0.15) is 5.75 Å². The van der Waals surface area contributed by atoms with Crippen molar-refractivity contribution in [2.24, 2.45) is 4.99 Å². The molecule has 0 saturated carbocycles. The van der Waals surface area contributed by atoms with E-state index in [0.717, 1.165) is 42.4 Å². The van der Waals surface area contributed by atoms with Crippen molar-refractivity contribution in [2.45, 2.75) is 52.5 Å². The first-order chi connectivity index (χ1) is 16.0. The Morgan fingerprint density at radius 3 is 2.48 bits per heavy atom. The van der Waals surface area contributed by atoms with E-state index in [1.807, 2.05) is 46.4 Å². The maximum atomic E-state index is 13.2. The highest BCUT2D eigenvalue weighted by Gasteiger charge is 2.41. The molecule has 8 heteroatoms. The van der Waals surface area contributed by atoms with E-state index in [2.05, 4.69) is 13.8 Å². The highest BCUT2D eigenvalue weighted by Crippen LogP contribution is 2.46. The monoisotopic (exact) mass is 471 g/mol. The number of amides is 1. The highest BCUT2D eigenvalue weighted by molar-refractivity contribution is 8.16. The Morgan fingerprint density at radius 2 is 1.88 bits per heavy atom. The molecule has 1 aromatic rings. The van der Waals surface area contributed by atoms with Crippen LogP contribution in [0.5, 0.6) is 5.75 Å². The molecular formula is C25H33N3O4S. The SMILES string of the molecule is CCCN(CCC)C(=O)CC1=CSC2=NC(CC)=C(C(=O)OC)[C@H](c3cccc(OC)c3)N12. The molecule has 3 rings (SSSR count). The normalized spacial score (nSPS) is 17.4. The Hall–Kier alpha value is -2.74. The first-order valence-electron chi connectivity index (χ1n) is 11.5. The number of carbonyl (C=O) groups is 2. The standard InChI is InChI=1S/C25H33N3O4S/c1-6-12-27(13-7-2)21(29)15-18-16-33-25-26-20(8-3)22(24(30)32-5)23(28(18)25)17-10-9-11-19(14-17)31-4/h9-11,14,16,23H,6-8,12-13,15H2,1-5H3/t23-/m0/s1. The number of esters is 1. The van der Waals surface area contributed by atoms with Crippen LogP contribution < -0.4 is 4.74 Å². The van der Waals surface area contributed by atoms with Gasteiger partial charge in [-0.15, -0.1) is 0 Å². The minimum Gasteiger partial charge on any atom is -0.497 e. The van der Waals surface area contributed by atoms with Crippen LogP contribution in [-0.4, -0.2) is 54.2 Å². The molecule has 0 fully saturated rings. The molecule has 7 nitrogen and oxygen atoms in total. The summed E-state index contributed by atoms with van der Waals surface area (Å²) in [6, 6.07) is 7.22. The maximum absolute atomic E-state index is 13.2. The minimum atomic E-state index is -0.449. The van der Waals surface area contributed by atoms with Crippen molar-refractivity contribution in [3.05, 3.63) is 52.2 Å². The van der Waals surface area contributed by atoms with Crippen LogP contribution in [0, 0.1) is 0 Å². The van der Waals surface area contributed by atoms with Crippen molar-refractivity contribution in [1.82, 2.24) is 9.80 Å². The van der Waals surface area contributed by atoms with E-state index in [9.17, 15) is 9.59 Å². The summed E-state index contributed by atoms with van der Waals surface area (Å²) >= 11 is 1.49. The molecule has 0 N–H and O–H groups in total. The van der Waals surface area contributed by atoms with Gasteiger partial charge in [-0.3, -0.25) is 4.79 Å². The Bertz CT molecular complexity index is 980. The number of thioether (sulfide) groups is 1. The van der Waals surface area contributed by atoms with Crippen LogP contribution in [0.4, 0.5) is 0 Å². The summed E-state index contributed by atoms with van der Waals surface area (Å²) in [5, 5.41) is 2.75. The Kier molecular flexibility index (Phi) is 8.61. The Labute approximate surface area is 200 Å². The first kappa shape index (κ1) is 24.9. The molecule has 0 saturated heterocycles. The highest BCUT2D eigenvalue weighted by atomic mass is 32.2. The van der Waals surface area contributed by atoms with Crippen molar-refractivity contribution < 1.29 is 19.1 Å². The smallest absolute Gasteiger partial charge is 0.338 e. The van der Waals surface area contributed by atoms with Gasteiger partial charge in [0.2, 0.25) is 5.91 Å². The molecule has 2 heterocycles. The van der Waals surface area contributed by atoms with E-state index in [1.165, 1.54) is 18.9 Å². The summed E-state index contributed by atoms with van der Waals surface area (Å²) in [5.74, 6) is 0.370. The van der Waals surface area contributed by atoms with Gasteiger partial charge in [-0.2, -0.15) is 0 Å². The molecule has 2 aliphatic heterocycles. The van der Waals surface area contributed by atoms with Crippen LogP contribution in [0.1, 0.15) is 58.1 Å².